The Labute approximate surface area is 108 Å². The molecule has 1 aromatic heterocycles. The maximum Gasteiger partial charge on any atom is 0.222 e. The van der Waals surface area contributed by atoms with E-state index in [2.05, 4.69) is 15.3 Å². The van der Waals surface area contributed by atoms with E-state index in [9.17, 15) is 5.11 Å². The van der Waals surface area contributed by atoms with Gasteiger partial charge in [0.05, 0.1) is 25.1 Å². The zero-order chi connectivity index (χ0) is 12.8. The van der Waals surface area contributed by atoms with Crippen LogP contribution in [0.15, 0.2) is 12.4 Å². The van der Waals surface area contributed by atoms with E-state index in [4.69, 9.17) is 4.74 Å². The molecule has 0 amide bonds. The number of aliphatic hydroxyl groups is 1. The topological polar surface area (TPSA) is 67.3 Å². The number of anilines is 1. The smallest absolute Gasteiger partial charge is 0.222 e. The molecule has 0 bridgehead atoms. The summed E-state index contributed by atoms with van der Waals surface area (Å²) in [6.45, 7) is 0.513. The van der Waals surface area contributed by atoms with E-state index in [1.54, 1.807) is 19.5 Å². The lowest BCUT2D eigenvalue weighted by atomic mass is 9.95. The van der Waals surface area contributed by atoms with Gasteiger partial charge in [-0.1, -0.05) is 25.7 Å². The maximum atomic E-state index is 10.5. The lowest BCUT2D eigenvalue weighted by Gasteiger charge is -2.26. The quantitative estimate of drug-likeness (QED) is 0.801. The van der Waals surface area contributed by atoms with Gasteiger partial charge in [0.25, 0.3) is 0 Å². The van der Waals surface area contributed by atoms with Crippen LogP contribution in [0.3, 0.4) is 0 Å². The predicted molar refractivity (Wildman–Crippen MR) is 69.7 cm³/mol. The minimum Gasteiger partial charge on any atom is -0.494 e. The first-order chi connectivity index (χ1) is 8.72. The highest BCUT2D eigenvalue weighted by Gasteiger charge is 2.27. The zero-order valence-corrected chi connectivity index (χ0v) is 10.9. The van der Waals surface area contributed by atoms with E-state index in [-0.39, 0.29) is 0 Å². The Balaban J connectivity index is 1.88. The van der Waals surface area contributed by atoms with Gasteiger partial charge in [-0.25, -0.2) is 9.97 Å². The van der Waals surface area contributed by atoms with Crippen LogP contribution in [0, 0.1) is 0 Å². The van der Waals surface area contributed by atoms with Crippen molar-refractivity contribution in [2.45, 2.75) is 44.1 Å². The van der Waals surface area contributed by atoms with Gasteiger partial charge in [-0.2, -0.15) is 0 Å². The maximum absolute atomic E-state index is 10.5. The van der Waals surface area contributed by atoms with Gasteiger partial charge < -0.3 is 15.2 Å². The van der Waals surface area contributed by atoms with Gasteiger partial charge in [-0.3, -0.25) is 0 Å². The third-order valence-electron chi connectivity index (χ3n) is 3.47. The molecule has 1 aliphatic rings. The first-order valence-electron chi connectivity index (χ1n) is 6.54. The van der Waals surface area contributed by atoms with Gasteiger partial charge >= 0.3 is 0 Å². The molecule has 1 aliphatic carbocycles. The lowest BCUT2D eigenvalue weighted by molar-refractivity contribution is 0.0379. The van der Waals surface area contributed by atoms with Crippen molar-refractivity contribution < 1.29 is 9.84 Å². The summed E-state index contributed by atoms with van der Waals surface area (Å²) >= 11 is 0. The number of rotatable bonds is 4. The monoisotopic (exact) mass is 251 g/mol. The van der Waals surface area contributed by atoms with Gasteiger partial charge in [0.15, 0.2) is 5.75 Å². The van der Waals surface area contributed by atoms with Crippen LogP contribution in [0.4, 0.5) is 5.95 Å². The Kier molecular flexibility index (Phi) is 4.36. The largest absolute Gasteiger partial charge is 0.494 e. The highest BCUT2D eigenvalue weighted by Crippen LogP contribution is 2.27. The van der Waals surface area contributed by atoms with Crippen LogP contribution in [0.5, 0.6) is 5.75 Å². The molecule has 0 aliphatic heterocycles. The van der Waals surface area contributed by atoms with E-state index < -0.39 is 5.60 Å². The van der Waals surface area contributed by atoms with Crippen LogP contribution in [-0.2, 0) is 0 Å². The van der Waals surface area contributed by atoms with Crippen LogP contribution in [0.2, 0.25) is 0 Å². The molecule has 2 N–H and O–H groups in total. The molecule has 5 heteroatoms. The van der Waals surface area contributed by atoms with E-state index >= 15 is 0 Å². The Morgan fingerprint density at radius 3 is 2.39 bits per heavy atom. The molecule has 0 saturated heterocycles. The summed E-state index contributed by atoms with van der Waals surface area (Å²) in [4.78, 5) is 8.26. The van der Waals surface area contributed by atoms with Crippen LogP contribution in [0.25, 0.3) is 0 Å². The molecule has 1 saturated carbocycles. The standard InChI is InChI=1S/C13H21N3O2/c1-18-11-8-14-12(15-9-11)16-10-13(17)6-4-2-3-5-7-13/h8-9,17H,2-7,10H2,1H3,(H,14,15,16). The van der Waals surface area contributed by atoms with Gasteiger partial charge in [0, 0.05) is 6.54 Å². The third-order valence-corrected chi connectivity index (χ3v) is 3.47. The molecule has 1 fully saturated rings. The SMILES string of the molecule is COc1cnc(NCC2(O)CCCCCC2)nc1. The number of ether oxygens (including phenoxy) is 1. The predicted octanol–water partition coefficient (Wildman–Crippen LogP) is 1.98. The molecular weight excluding hydrogens is 230 g/mol. The second-order valence-corrected chi connectivity index (χ2v) is 4.94. The zero-order valence-electron chi connectivity index (χ0n) is 10.9. The highest BCUT2D eigenvalue weighted by molar-refractivity contribution is 5.27. The molecule has 18 heavy (non-hydrogen) atoms. The van der Waals surface area contributed by atoms with Crippen molar-refractivity contribution in [2.24, 2.45) is 0 Å². The van der Waals surface area contributed by atoms with Crippen molar-refractivity contribution in [3.8, 4) is 5.75 Å². The molecule has 0 unspecified atom stereocenters. The summed E-state index contributed by atoms with van der Waals surface area (Å²) in [5.41, 5.74) is -0.611. The molecule has 2 rings (SSSR count). The molecule has 100 valence electrons. The Bertz CT molecular complexity index is 359. The van der Waals surface area contributed by atoms with Gasteiger partial charge in [-0.05, 0) is 12.8 Å². The van der Waals surface area contributed by atoms with E-state index in [0.717, 1.165) is 25.7 Å². The second-order valence-electron chi connectivity index (χ2n) is 4.94. The Hall–Kier alpha value is -1.36. The third kappa shape index (κ3) is 3.57. The normalized spacial score (nSPS) is 19.0. The van der Waals surface area contributed by atoms with Gasteiger partial charge in [0.1, 0.15) is 0 Å². The fourth-order valence-corrected chi connectivity index (χ4v) is 2.32. The molecule has 0 atom stereocenters. The first-order valence-corrected chi connectivity index (χ1v) is 6.54. The van der Waals surface area contributed by atoms with Crippen molar-refractivity contribution in [3.05, 3.63) is 12.4 Å². The van der Waals surface area contributed by atoms with Crippen LogP contribution < -0.4 is 10.1 Å². The lowest BCUT2D eigenvalue weighted by Crippen LogP contribution is -2.36. The summed E-state index contributed by atoms with van der Waals surface area (Å²) in [5, 5.41) is 13.6. The summed E-state index contributed by atoms with van der Waals surface area (Å²) < 4.78 is 5.00. The summed E-state index contributed by atoms with van der Waals surface area (Å²) in [6, 6.07) is 0. The Morgan fingerprint density at radius 1 is 1.22 bits per heavy atom. The van der Waals surface area contributed by atoms with Crippen molar-refractivity contribution in [1.29, 1.82) is 0 Å². The van der Waals surface area contributed by atoms with Crippen molar-refractivity contribution >= 4 is 5.95 Å². The minimum atomic E-state index is -0.611. The fraction of sp³-hybridized carbons (Fsp3) is 0.692. The van der Waals surface area contributed by atoms with Crippen molar-refractivity contribution in [1.82, 2.24) is 9.97 Å². The van der Waals surface area contributed by atoms with Crippen molar-refractivity contribution in [2.75, 3.05) is 19.0 Å². The van der Waals surface area contributed by atoms with Crippen LogP contribution in [-0.4, -0.2) is 34.3 Å². The molecule has 0 radical (unpaired) electrons. The minimum absolute atomic E-state index is 0.513. The number of aromatic nitrogens is 2. The molecule has 1 aromatic rings. The average molecular weight is 251 g/mol. The summed E-state index contributed by atoms with van der Waals surface area (Å²) in [6.07, 6.45) is 9.59. The fourth-order valence-electron chi connectivity index (χ4n) is 2.32. The highest BCUT2D eigenvalue weighted by atomic mass is 16.5. The number of hydrogen-bond acceptors (Lipinski definition) is 5. The molecule has 0 aromatic carbocycles. The number of methoxy groups -OCH3 is 1. The number of nitrogens with one attached hydrogen (secondary N) is 1. The number of hydrogen-bond donors (Lipinski definition) is 2. The molecule has 1 heterocycles. The molecule has 5 nitrogen and oxygen atoms in total. The summed E-state index contributed by atoms with van der Waals surface area (Å²) in [5.74, 6) is 1.17. The first kappa shape index (κ1) is 13.1. The molecule has 0 spiro atoms. The average Bonchev–Trinajstić information content (AvgIpc) is 2.62. The van der Waals surface area contributed by atoms with Crippen LogP contribution >= 0.6 is 0 Å². The summed E-state index contributed by atoms with van der Waals surface area (Å²) in [7, 11) is 1.58. The number of nitrogens with zero attached hydrogens (tertiary/aromatic N) is 2. The Morgan fingerprint density at radius 2 is 1.83 bits per heavy atom. The van der Waals surface area contributed by atoms with Gasteiger partial charge in [-0.15, -0.1) is 0 Å². The van der Waals surface area contributed by atoms with E-state index in [1.807, 2.05) is 0 Å². The van der Waals surface area contributed by atoms with E-state index in [1.165, 1.54) is 12.8 Å². The van der Waals surface area contributed by atoms with Crippen molar-refractivity contribution in [3.63, 3.8) is 0 Å². The van der Waals surface area contributed by atoms with Gasteiger partial charge in [0.2, 0.25) is 5.95 Å². The van der Waals surface area contributed by atoms with E-state index in [0.29, 0.717) is 18.2 Å². The second kappa shape index (κ2) is 6.00. The molecular formula is C13H21N3O2. The van der Waals surface area contributed by atoms with Crippen LogP contribution in [0.1, 0.15) is 38.5 Å².